The van der Waals surface area contributed by atoms with Gasteiger partial charge in [-0.05, 0) is 36.4 Å². The first-order valence-corrected chi connectivity index (χ1v) is 7.75. The van der Waals surface area contributed by atoms with Crippen molar-refractivity contribution in [2.75, 3.05) is 0 Å². The molecule has 4 nitrogen and oxygen atoms in total. The van der Waals surface area contributed by atoms with E-state index >= 15 is 0 Å². The Bertz CT molecular complexity index is 836. The molecule has 0 saturated carbocycles. The van der Waals surface area contributed by atoms with Crippen LogP contribution in [-0.4, -0.2) is 20.5 Å². The van der Waals surface area contributed by atoms with Crippen LogP contribution in [0.15, 0.2) is 48.9 Å². The second-order valence-electron chi connectivity index (χ2n) is 4.64. The number of hydrogen-bond donors (Lipinski definition) is 0. The number of rotatable bonds is 4. The first-order chi connectivity index (χ1) is 10.6. The van der Waals surface area contributed by atoms with Crippen LogP contribution in [0, 0.1) is 0 Å². The van der Waals surface area contributed by atoms with Crippen LogP contribution in [-0.2, 0) is 7.05 Å². The minimum atomic E-state index is -0.0681. The maximum absolute atomic E-state index is 12.1. The van der Waals surface area contributed by atoms with E-state index in [1.165, 1.54) is 11.3 Å². The Morgan fingerprint density at radius 1 is 1.27 bits per heavy atom. The van der Waals surface area contributed by atoms with Crippen molar-refractivity contribution in [3.63, 3.8) is 0 Å². The second-order valence-corrected chi connectivity index (χ2v) is 6.36. The molecule has 0 aliphatic heterocycles. The molecule has 110 valence electrons. The zero-order chi connectivity index (χ0) is 15.5. The number of ketones is 1. The van der Waals surface area contributed by atoms with E-state index in [4.69, 9.17) is 11.6 Å². The Morgan fingerprint density at radius 2 is 2.05 bits per heavy atom. The average Bonchev–Trinajstić information content (AvgIpc) is 3.12. The SMILES string of the molecule is Cn1cc(/C=C/C(=O)c2ccc(Cl)s2)c(-c2ccncc2)n1. The zero-order valence-corrected chi connectivity index (χ0v) is 13.3. The van der Waals surface area contributed by atoms with Crippen molar-refractivity contribution in [3.05, 3.63) is 63.7 Å². The number of carbonyl (C=O) groups is 1. The summed E-state index contributed by atoms with van der Waals surface area (Å²) in [5.41, 5.74) is 2.66. The van der Waals surface area contributed by atoms with E-state index in [-0.39, 0.29) is 5.78 Å². The lowest BCUT2D eigenvalue weighted by molar-refractivity contribution is 0.105. The van der Waals surface area contributed by atoms with Crippen molar-refractivity contribution < 1.29 is 4.79 Å². The van der Waals surface area contributed by atoms with Crippen molar-refractivity contribution in [1.29, 1.82) is 0 Å². The molecule has 3 aromatic rings. The number of allylic oxidation sites excluding steroid dienone is 1. The molecule has 3 heterocycles. The number of carbonyl (C=O) groups excluding carboxylic acids is 1. The maximum atomic E-state index is 12.1. The van der Waals surface area contributed by atoms with Gasteiger partial charge in [0, 0.05) is 36.8 Å². The number of thiophene rings is 1. The Morgan fingerprint density at radius 3 is 2.73 bits per heavy atom. The molecule has 0 N–H and O–H groups in total. The van der Waals surface area contributed by atoms with Gasteiger partial charge in [0.15, 0.2) is 5.78 Å². The molecule has 22 heavy (non-hydrogen) atoms. The van der Waals surface area contributed by atoms with Crippen LogP contribution < -0.4 is 0 Å². The second kappa shape index (κ2) is 6.25. The van der Waals surface area contributed by atoms with Gasteiger partial charge < -0.3 is 0 Å². The number of aromatic nitrogens is 3. The monoisotopic (exact) mass is 329 g/mol. The normalized spacial score (nSPS) is 11.2. The predicted molar refractivity (Wildman–Crippen MR) is 89.1 cm³/mol. The molecule has 3 rings (SSSR count). The number of hydrogen-bond acceptors (Lipinski definition) is 4. The van der Waals surface area contributed by atoms with E-state index in [0.717, 1.165) is 16.8 Å². The molecule has 0 radical (unpaired) electrons. The van der Waals surface area contributed by atoms with Crippen molar-refractivity contribution in [3.8, 4) is 11.3 Å². The highest BCUT2D eigenvalue weighted by Crippen LogP contribution is 2.24. The smallest absolute Gasteiger partial charge is 0.195 e. The summed E-state index contributed by atoms with van der Waals surface area (Å²) in [6.07, 6.45) is 8.64. The molecule has 0 atom stereocenters. The minimum Gasteiger partial charge on any atom is -0.288 e. The third-order valence-electron chi connectivity index (χ3n) is 3.04. The number of pyridine rings is 1. The van der Waals surface area contributed by atoms with Gasteiger partial charge in [-0.25, -0.2) is 0 Å². The summed E-state index contributed by atoms with van der Waals surface area (Å²) < 4.78 is 2.33. The molecule has 0 unspecified atom stereocenters. The lowest BCUT2D eigenvalue weighted by Gasteiger charge is -1.97. The Hall–Kier alpha value is -2.24. The lowest BCUT2D eigenvalue weighted by Crippen LogP contribution is -1.89. The van der Waals surface area contributed by atoms with Gasteiger partial charge in [-0.2, -0.15) is 5.10 Å². The summed E-state index contributed by atoms with van der Waals surface area (Å²) in [5, 5.41) is 4.44. The molecular weight excluding hydrogens is 318 g/mol. The molecule has 0 saturated heterocycles. The van der Waals surface area contributed by atoms with Gasteiger partial charge in [0.1, 0.15) is 0 Å². The van der Waals surface area contributed by atoms with E-state index in [9.17, 15) is 4.79 Å². The van der Waals surface area contributed by atoms with Gasteiger partial charge in [-0.3, -0.25) is 14.5 Å². The third kappa shape index (κ3) is 3.16. The number of aryl methyl sites for hydroxylation is 1. The standard InChI is InChI=1S/C16H12ClN3OS/c1-20-10-12(16(19-20)11-6-8-18-9-7-11)2-3-13(21)14-4-5-15(17)22-14/h2-10H,1H3/b3-2+. The third-order valence-corrected chi connectivity index (χ3v) is 4.29. The molecule has 0 spiro atoms. The van der Waals surface area contributed by atoms with Crippen molar-refractivity contribution >= 4 is 34.8 Å². The van der Waals surface area contributed by atoms with E-state index < -0.39 is 0 Å². The van der Waals surface area contributed by atoms with Crippen LogP contribution in [0.3, 0.4) is 0 Å². The summed E-state index contributed by atoms with van der Waals surface area (Å²) in [5.74, 6) is -0.0681. The molecule has 0 bridgehead atoms. The highest BCUT2D eigenvalue weighted by molar-refractivity contribution is 7.18. The van der Waals surface area contributed by atoms with Crippen molar-refractivity contribution in [1.82, 2.24) is 14.8 Å². The largest absolute Gasteiger partial charge is 0.288 e. The molecule has 3 aromatic heterocycles. The van der Waals surface area contributed by atoms with Crippen LogP contribution in [0.25, 0.3) is 17.3 Å². The fraction of sp³-hybridized carbons (Fsp3) is 0.0625. The van der Waals surface area contributed by atoms with Gasteiger partial charge in [0.05, 0.1) is 14.9 Å². The van der Waals surface area contributed by atoms with E-state index in [0.29, 0.717) is 9.21 Å². The molecule has 0 aliphatic rings. The predicted octanol–water partition coefficient (Wildman–Crippen LogP) is 4.09. The molecule has 0 aliphatic carbocycles. The van der Waals surface area contributed by atoms with E-state index in [1.807, 2.05) is 25.4 Å². The van der Waals surface area contributed by atoms with Crippen LogP contribution in [0.2, 0.25) is 4.34 Å². The quantitative estimate of drug-likeness (QED) is 0.535. The summed E-state index contributed by atoms with van der Waals surface area (Å²) >= 11 is 7.13. The first-order valence-electron chi connectivity index (χ1n) is 6.55. The summed E-state index contributed by atoms with van der Waals surface area (Å²) in [7, 11) is 1.85. The highest BCUT2D eigenvalue weighted by Gasteiger charge is 2.09. The summed E-state index contributed by atoms with van der Waals surface area (Å²) in [4.78, 5) is 16.7. The van der Waals surface area contributed by atoms with Gasteiger partial charge in [-0.15, -0.1) is 11.3 Å². The number of halogens is 1. The number of nitrogens with zero attached hydrogens (tertiary/aromatic N) is 3. The molecular formula is C16H12ClN3OS. The summed E-state index contributed by atoms with van der Waals surface area (Å²) in [6.45, 7) is 0. The van der Waals surface area contributed by atoms with Gasteiger partial charge in [0.25, 0.3) is 0 Å². The van der Waals surface area contributed by atoms with Gasteiger partial charge in [-0.1, -0.05) is 11.6 Å². The Labute approximate surface area is 136 Å². The molecule has 0 amide bonds. The Balaban J connectivity index is 1.90. The highest BCUT2D eigenvalue weighted by atomic mass is 35.5. The average molecular weight is 330 g/mol. The van der Waals surface area contributed by atoms with Crippen molar-refractivity contribution in [2.45, 2.75) is 0 Å². The van der Waals surface area contributed by atoms with E-state index in [1.54, 1.807) is 41.4 Å². The van der Waals surface area contributed by atoms with E-state index in [2.05, 4.69) is 10.1 Å². The topological polar surface area (TPSA) is 47.8 Å². The minimum absolute atomic E-state index is 0.0681. The lowest BCUT2D eigenvalue weighted by atomic mass is 10.1. The molecule has 0 aromatic carbocycles. The van der Waals surface area contributed by atoms with Crippen LogP contribution in [0.5, 0.6) is 0 Å². The Kier molecular flexibility index (Phi) is 4.18. The zero-order valence-electron chi connectivity index (χ0n) is 11.7. The fourth-order valence-electron chi connectivity index (χ4n) is 2.06. The van der Waals surface area contributed by atoms with Gasteiger partial charge in [0.2, 0.25) is 0 Å². The molecule has 6 heteroatoms. The first kappa shape index (κ1) is 14.7. The summed E-state index contributed by atoms with van der Waals surface area (Å²) in [6, 6.07) is 7.23. The van der Waals surface area contributed by atoms with Crippen LogP contribution in [0.4, 0.5) is 0 Å². The van der Waals surface area contributed by atoms with Crippen LogP contribution in [0.1, 0.15) is 15.2 Å². The van der Waals surface area contributed by atoms with Gasteiger partial charge >= 0.3 is 0 Å². The molecule has 0 fully saturated rings. The fourth-order valence-corrected chi connectivity index (χ4v) is 3.02. The maximum Gasteiger partial charge on any atom is 0.195 e. The van der Waals surface area contributed by atoms with Crippen molar-refractivity contribution in [2.24, 2.45) is 7.05 Å². The van der Waals surface area contributed by atoms with Crippen LogP contribution >= 0.6 is 22.9 Å².